The monoisotopic (exact) mass is 526 g/mol. The van der Waals surface area contributed by atoms with Gasteiger partial charge in [-0.1, -0.05) is 16.7 Å². The van der Waals surface area contributed by atoms with Crippen LogP contribution >= 0.6 is 11.6 Å². The lowest BCUT2D eigenvalue weighted by molar-refractivity contribution is -0.0135. The molecule has 1 N–H and O–H groups in total. The van der Waals surface area contributed by atoms with Crippen molar-refractivity contribution in [2.75, 3.05) is 6.54 Å². The van der Waals surface area contributed by atoms with Crippen molar-refractivity contribution in [3.05, 3.63) is 58.4 Å². The third kappa shape index (κ3) is 4.97. The van der Waals surface area contributed by atoms with Crippen LogP contribution in [0.25, 0.3) is 0 Å². The standard InChI is InChI=1S/C19H32B11ClF2N4O/c20-14(21)7-37(13(38)8-1-2-11(32)10(31)3-8)19(29,30)17(25,26)16(14,33)18(27,28)36-6-12-34-4-9(5-35-12)15(22,23)24/h1-5,36H,6-7,20-30H2. The molecule has 1 aromatic carbocycles. The van der Waals surface area contributed by atoms with Gasteiger partial charge in [0.2, 0.25) is 0 Å². The topological polar surface area (TPSA) is 58.1 Å². The van der Waals surface area contributed by atoms with Crippen LogP contribution < -0.4 is 5.32 Å². The summed E-state index contributed by atoms with van der Waals surface area (Å²) in [6.07, 6.45) is 3.65. The number of nitrogens with zero attached hydrogens (tertiary/aromatic N) is 3. The number of nitrogens with one attached hydrogen (secondary N) is 1. The van der Waals surface area contributed by atoms with Gasteiger partial charge < -0.3 is 10.2 Å². The van der Waals surface area contributed by atoms with Crippen molar-refractivity contribution in [2.24, 2.45) is 0 Å². The molecule has 19 heteroatoms. The maximum Gasteiger partial charge on any atom is 0.252 e. The average molecular weight is 525 g/mol. The Morgan fingerprint density at radius 3 is 2.11 bits per heavy atom. The Labute approximate surface area is 240 Å². The number of amides is 1. The summed E-state index contributed by atoms with van der Waals surface area (Å²) >= 11 is 5.98. The molecule has 1 aromatic heterocycles. The maximum absolute atomic E-state index is 18.0. The van der Waals surface area contributed by atoms with E-state index < -0.39 is 32.6 Å². The highest BCUT2D eigenvalue weighted by molar-refractivity contribution is 6.60. The normalized spacial score (nSPS) is 22.6. The molecule has 0 saturated carbocycles. The SMILES string of the molecule is BC(B)(B)c1cnc(CNC(B)(B)C2(F)C(B)(B)CN(C(=O)c3ccc(F)c(Cl)c3)C(B)(B)C2(B)B)nc1. The molecule has 38 heavy (non-hydrogen) atoms. The minimum absolute atomic E-state index is 0.0570. The minimum atomic E-state index is -1.78. The highest BCUT2D eigenvalue weighted by Crippen LogP contribution is 2.62. The second-order valence-electron chi connectivity index (χ2n) is 13.9. The van der Waals surface area contributed by atoms with Gasteiger partial charge in [-0.15, -0.1) is 0 Å². The number of alkyl halides is 1. The summed E-state index contributed by atoms with van der Waals surface area (Å²) < 4.78 is 31.7. The fourth-order valence-electron chi connectivity index (χ4n) is 6.30. The zero-order chi connectivity index (χ0) is 29.1. The van der Waals surface area contributed by atoms with Crippen LogP contribution in [0.2, 0.25) is 15.5 Å². The molecule has 1 aliphatic rings. The predicted octanol–water partition coefficient (Wildman–Crippen LogP) is -8.16. The van der Waals surface area contributed by atoms with Gasteiger partial charge in [0.05, 0.1) is 40.8 Å². The first-order valence-electron chi connectivity index (χ1n) is 13.1. The maximum atomic E-state index is 18.0. The van der Waals surface area contributed by atoms with Gasteiger partial charge in [-0.2, -0.15) is 0 Å². The predicted molar refractivity (Wildman–Crippen MR) is 182 cm³/mol. The lowest BCUT2D eigenvalue weighted by Gasteiger charge is -2.71. The zero-order valence-corrected chi connectivity index (χ0v) is 25.4. The summed E-state index contributed by atoms with van der Waals surface area (Å²) in [5, 5.41) is -0.654. The van der Waals surface area contributed by atoms with Gasteiger partial charge in [0.1, 0.15) is 74.4 Å². The number of carbonyl (C=O) groups is 1. The minimum Gasteiger partial charge on any atom is -0.350 e. The van der Waals surface area contributed by atoms with Crippen LogP contribution in [0.3, 0.4) is 0 Å². The van der Waals surface area contributed by atoms with E-state index in [0.29, 0.717) is 12.4 Å². The largest absolute Gasteiger partial charge is 0.350 e. The quantitative estimate of drug-likeness (QED) is 0.382. The first-order valence-corrected chi connectivity index (χ1v) is 13.5. The van der Waals surface area contributed by atoms with Crippen molar-refractivity contribution < 1.29 is 13.6 Å². The van der Waals surface area contributed by atoms with Gasteiger partial charge in [0.25, 0.3) is 5.91 Å². The van der Waals surface area contributed by atoms with Crippen molar-refractivity contribution >= 4 is 104 Å². The Bertz CT molecular complexity index is 1230. The van der Waals surface area contributed by atoms with E-state index in [1.165, 1.54) is 18.2 Å². The molecule has 1 aliphatic heterocycles. The van der Waals surface area contributed by atoms with Crippen LogP contribution in [0.4, 0.5) is 8.78 Å². The first-order chi connectivity index (χ1) is 17.1. The van der Waals surface area contributed by atoms with Crippen molar-refractivity contribution in [2.45, 2.75) is 38.4 Å². The molecule has 1 atom stereocenters. The molecule has 1 amide bonds. The summed E-state index contributed by atoms with van der Waals surface area (Å²) in [6.45, 7) is 0.460. The van der Waals surface area contributed by atoms with Crippen LogP contribution in [-0.4, -0.2) is 130 Å². The molecular formula is C19H32B11ClF2N4O. The van der Waals surface area contributed by atoms with Gasteiger partial charge in [-0.25, -0.2) is 18.7 Å². The van der Waals surface area contributed by atoms with E-state index in [4.69, 9.17) is 11.6 Å². The molecule has 1 fully saturated rings. The van der Waals surface area contributed by atoms with Crippen LogP contribution in [-0.2, 0) is 11.7 Å². The Balaban J connectivity index is 1.96. The molecule has 0 radical (unpaired) electrons. The number of hydrogen-bond acceptors (Lipinski definition) is 4. The Hall–Kier alpha value is -1.41. The second-order valence-corrected chi connectivity index (χ2v) is 14.3. The molecular weight excluding hydrogens is 493 g/mol. The molecule has 1 saturated heterocycles. The van der Waals surface area contributed by atoms with Crippen LogP contribution in [0.15, 0.2) is 30.6 Å². The average Bonchev–Trinajstić information content (AvgIpc) is 2.80. The van der Waals surface area contributed by atoms with Crippen LogP contribution in [0, 0.1) is 5.82 Å². The lowest BCUT2D eigenvalue weighted by atomic mass is 9.17. The highest BCUT2D eigenvalue weighted by Gasteiger charge is 2.70. The van der Waals surface area contributed by atoms with E-state index >= 15 is 4.39 Å². The number of carbonyl (C=O) groups excluding carboxylic acids is 1. The molecule has 0 spiro atoms. The van der Waals surface area contributed by atoms with E-state index in [9.17, 15) is 9.18 Å². The first kappa shape index (κ1) is 31.1. The second kappa shape index (κ2) is 9.90. The molecule has 2 aromatic rings. The molecule has 0 bridgehead atoms. The smallest absolute Gasteiger partial charge is 0.252 e. The summed E-state index contributed by atoms with van der Waals surface area (Å²) in [5.41, 5.74) is -0.472. The number of halogens is 3. The van der Waals surface area contributed by atoms with E-state index in [-0.39, 0.29) is 28.2 Å². The number of aromatic nitrogens is 2. The van der Waals surface area contributed by atoms with E-state index in [2.05, 4.69) is 38.8 Å². The Morgan fingerprint density at radius 2 is 1.61 bits per heavy atom. The molecule has 1 unspecified atom stereocenters. The number of hydrogen-bond donors (Lipinski definition) is 1. The number of rotatable bonds is 6. The van der Waals surface area contributed by atoms with Crippen molar-refractivity contribution in [1.82, 2.24) is 20.2 Å². The van der Waals surface area contributed by atoms with E-state index in [1.54, 1.807) is 4.90 Å². The van der Waals surface area contributed by atoms with Gasteiger partial charge in [0, 0.05) is 24.5 Å². The van der Waals surface area contributed by atoms with Gasteiger partial charge >= 0.3 is 0 Å². The van der Waals surface area contributed by atoms with Gasteiger partial charge in [0.15, 0.2) is 0 Å². The molecule has 5 nitrogen and oxygen atoms in total. The van der Waals surface area contributed by atoms with E-state index in [0.717, 1.165) is 5.56 Å². The summed E-state index contributed by atoms with van der Waals surface area (Å²) in [6, 6.07) is 3.95. The third-order valence-corrected chi connectivity index (χ3v) is 9.37. The summed E-state index contributed by atoms with van der Waals surface area (Å²) in [4.78, 5) is 24.4. The number of piperidine rings is 1. The zero-order valence-electron chi connectivity index (χ0n) is 24.7. The van der Waals surface area contributed by atoms with E-state index in [1.807, 2.05) is 75.2 Å². The third-order valence-electron chi connectivity index (χ3n) is 9.08. The number of benzene rings is 1. The lowest BCUT2D eigenvalue weighted by Crippen LogP contribution is -2.83. The fraction of sp³-hybridized carbons (Fsp3) is 0.421. The van der Waals surface area contributed by atoms with Crippen molar-refractivity contribution in [3.8, 4) is 0 Å². The van der Waals surface area contributed by atoms with Crippen molar-refractivity contribution in [3.63, 3.8) is 0 Å². The summed E-state index contributed by atoms with van der Waals surface area (Å²) in [5.74, 6) is -0.307. The molecule has 2 heterocycles. The Morgan fingerprint density at radius 1 is 1.05 bits per heavy atom. The highest BCUT2D eigenvalue weighted by atomic mass is 35.5. The van der Waals surface area contributed by atoms with Crippen LogP contribution in [0.1, 0.15) is 21.7 Å². The van der Waals surface area contributed by atoms with Crippen molar-refractivity contribution in [1.29, 1.82) is 0 Å². The summed E-state index contributed by atoms with van der Waals surface area (Å²) in [7, 11) is 21.3. The van der Waals surface area contributed by atoms with Crippen LogP contribution in [0.5, 0.6) is 0 Å². The van der Waals surface area contributed by atoms with Gasteiger partial charge in [-0.05, 0) is 44.9 Å². The number of likely N-dealkylation sites (tertiary alicyclic amines) is 1. The fourth-order valence-corrected chi connectivity index (χ4v) is 6.48. The Kier molecular flexibility index (Phi) is 8.11. The van der Waals surface area contributed by atoms with Gasteiger partial charge in [-0.3, -0.25) is 4.79 Å². The molecule has 0 aliphatic carbocycles. The molecule has 3 rings (SSSR count). The molecule has 188 valence electrons.